The van der Waals surface area contributed by atoms with Gasteiger partial charge in [0.2, 0.25) is 0 Å². The van der Waals surface area contributed by atoms with E-state index < -0.39 is 5.97 Å². The molecule has 0 rings (SSSR count). The predicted octanol–water partition coefficient (Wildman–Crippen LogP) is -2.10. The van der Waals surface area contributed by atoms with Gasteiger partial charge in [-0.05, 0) is 0 Å². The minimum atomic E-state index is -1.00. The number of quaternary nitrogens is 1. The van der Waals surface area contributed by atoms with Crippen LogP contribution in [0.1, 0.15) is 2.85 Å². The topological polar surface area (TPSA) is 40.1 Å². The first-order valence-electron chi connectivity index (χ1n) is 2.42. The Morgan fingerprint density at radius 1 is 1.45 bits per heavy atom. The summed E-state index contributed by atoms with van der Waals surface area (Å²) in [6.45, 7) is 0.0694. The number of aliphatic carboxylic acids is 1. The fourth-order valence-electron chi connectivity index (χ4n) is 0.387. The molecule has 0 bridgehead atoms. The Kier molecular flexibility index (Phi) is 21.5. The smallest absolute Gasteiger partial charge is 1.00 e. The number of nitrogens with zero attached hydrogens (tertiary/aromatic N) is 1. The van der Waals surface area contributed by atoms with E-state index in [4.69, 9.17) is 0 Å². The number of hydrogen-bond donors (Lipinski definition) is 0. The van der Waals surface area contributed by atoms with Crippen LogP contribution in [0.25, 0.3) is 0 Å². The number of likely N-dealkylation sites (N-methyl/N-ethyl adjacent to an activating group) is 1. The van der Waals surface area contributed by atoms with Crippen molar-refractivity contribution in [1.82, 2.24) is 0 Å². The van der Waals surface area contributed by atoms with Gasteiger partial charge in [-0.3, -0.25) is 0 Å². The minimum Gasteiger partial charge on any atom is -1.00 e. The summed E-state index contributed by atoms with van der Waals surface area (Å²) in [5.41, 5.74) is 0. The van der Waals surface area contributed by atoms with Crippen LogP contribution in [-0.4, -0.2) is 93.2 Å². The Morgan fingerprint density at radius 2 is 1.73 bits per heavy atom. The summed E-state index contributed by atoms with van der Waals surface area (Å²) < 4.78 is 0.419. The van der Waals surface area contributed by atoms with Crippen LogP contribution in [-0.2, 0) is 31.0 Å². The molecule has 0 spiro atoms. The maximum absolute atomic E-state index is 9.89. The van der Waals surface area contributed by atoms with E-state index in [1.54, 1.807) is 21.1 Å². The van der Waals surface area contributed by atoms with Crippen LogP contribution in [0.5, 0.6) is 0 Å². The standard InChI is InChI=1S/C5H11NO2.Al.Ca.Zr.2H/c1-6(2,3)4-5(7)8;;;;;/h4H2,1-3H3;;;;;/q;;+2;;2*-1. The summed E-state index contributed by atoms with van der Waals surface area (Å²) in [6.07, 6.45) is 0. The quantitative estimate of drug-likeness (QED) is 0.429. The predicted molar refractivity (Wildman–Crippen MR) is 41.6 cm³/mol. The first kappa shape index (κ1) is 23.2. The number of carboxylic acids is 1. The number of carbonyl (C=O) groups is 1. The zero-order valence-corrected chi connectivity index (χ0v) is 13.1. The van der Waals surface area contributed by atoms with Crippen LogP contribution in [0.4, 0.5) is 0 Å². The molecule has 3 radical (unpaired) electrons. The molecule has 0 aliphatic carbocycles. The Bertz CT molecular complexity index is 115. The van der Waals surface area contributed by atoms with Crippen molar-refractivity contribution in [2.75, 3.05) is 27.7 Å². The van der Waals surface area contributed by atoms with Crippen LogP contribution in [0, 0.1) is 0 Å². The molecule has 0 aromatic carbocycles. The van der Waals surface area contributed by atoms with E-state index in [9.17, 15) is 9.90 Å². The number of rotatable bonds is 2. The third kappa shape index (κ3) is 24.5. The Hall–Kier alpha value is 2.11. The van der Waals surface area contributed by atoms with Crippen molar-refractivity contribution in [2.45, 2.75) is 0 Å². The van der Waals surface area contributed by atoms with E-state index in [-0.39, 0.29) is 90.7 Å². The van der Waals surface area contributed by atoms with Gasteiger partial charge in [0.05, 0.1) is 27.1 Å². The molecule has 0 heterocycles. The van der Waals surface area contributed by atoms with E-state index >= 15 is 0 Å². The Labute approximate surface area is 130 Å². The van der Waals surface area contributed by atoms with Crippen molar-refractivity contribution in [3.8, 4) is 0 Å². The van der Waals surface area contributed by atoms with Gasteiger partial charge in [0.25, 0.3) is 0 Å². The van der Waals surface area contributed by atoms with Gasteiger partial charge in [0.15, 0.2) is 0 Å². The molecule has 11 heavy (non-hydrogen) atoms. The van der Waals surface area contributed by atoms with Gasteiger partial charge in [0, 0.05) is 43.6 Å². The van der Waals surface area contributed by atoms with Gasteiger partial charge in [-0.25, -0.2) is 0 Å². The van der Waals surface area contributed by atoms with Gasteiger partial charge < -0.3 is 17.2 Å². The minimum absolute atomic E-state index is 0. The van der Waals surface area contributed by atoms with Crippen molar-refractivity contribution < 1.29 is 43.4 Å². The van der Waals surface area contributed by atoms with Crippen LogP contribution in [0.3, 0.4) is 0 Å². The summed E-state index contributed by atoms with van der Waals surface area (Å²) in [6, 6.07) is 0. The number of carbonyl (C=O) groups excluding carboxylic acids is 1. The zero-order chi connectivity index (χ0) is 6.78. The second-order valence-corrected chi connectivity index (χ2v) is 2.82. The largest absolute Gasteiger partial charge is 2.00 e. The maximum atomic E-state index is 9.89. The van der Waals surface area contributed by atoms with Crippen molar-refractivity contribution in [3.05, 3.63) is 0 Å². The fourth-order valence-corrected chi connectivity index (χ4v) is 0.387. The molecule has 0 N–H and O–H groups in total. The summed E-state index contributed by atoms with van der Waals surface area (Å²) in [5.74, 6) is -1.00. The van der Waals surface area contributed by atoms with Gasteiger partial charge >= 0.3 is 37.7 Å². The van der Waals surface area contributed by atoms with Gasteiger partial charge in [0.1, 0.15) is 6.54 Å². The van der Waals surface area contributed by atoms with E-state index in [0.717, 1.165) is 0 Å². The van der Waals surface area contributed by atoms with E-state index in [2.05, 4.69) is 0 Å². The maximum Gasteiger partial charge on any atom is 2.00 e. The molecular weight excluding hydrogens is 264 g/mol. The molecule has 0 unspecified atom stereocenters. The van der Waals surface area contributed by atoms with Crippen molar-refractivity contribution in [1.29, 1.82) is 0 Å². The molecule has 59 valence electrons. The average molecular weight is 277 g/mol. The van der Waals surface area contributed by atoms with Crippen molar-refractivity contribution in [2.24, 2.45) is 0 Å². The van der Waals surface area contributed by atoms with E-state index in [1.165, 1.54) is 0 Å². The molecule has 3 nitrogen and oxygen atoms in total. The van der Waals surface area contributed by atoms with Crippen LogP contribution in [0.2, 0.25) is 0 Å². The number of carboxylic acid groups (broad SMARTS) is 1. The first-order valence-corrected chi connectivity index (χ1v) is 2.42. The normalized spacial score (nSPS) is 8.27. The number of hydrogen-bond acceptors (Lipinski definition) is 2. The Balaban J connectivity index is -0.0000000245. The molecular formula is C5H13AlCaNO2Zr. The van der Waals surface area contributed by atoms with E-state index in [0.29, 0.717) is 4.48 Å². The molecule has 0 fully saturated rings. The van der Waals surface area contributed by atoms with Crippen molar-refractivity contribution >= 4 is 61.1 Å². The first-order chi connectivity index (χ1) is 3.42. The molecule has 0 atom stereocenters. The fraction of sp³-hybridized carbons (Fsp3) is 0.800. The third-order valence-electron chi connectivity index (χ3n) is 0.603. The molecule has 0 aromatic rings. The van der Waals surface area contributed by atoms with Gasteiger partial charge in [-0.15, -0.1) is 0 Å². The SMILES string of the molecule is C[N+](C)(C)CC(=O)[O-].[Al].[Ca+2].[H-].[H-].[Zr]. The molecule has 0 saturated carbocycles. The second kappa shape index (κ2) is 10.2. The monoisotopic (exact) mass is 276 g/mol. The molecule has 0 aliphatic heterocycles. The Morgan fingerprint density at radius 3 is 1.73 bits per heavy atom. The zero-order valence-electron chi connectivity index (χ0n) is 9.26. The van der Waals surface area contributed by atoms with Crippen LogP contribution in [0.15, 0.2) is 0 Å². The van der Waals surface area contributed by atoms with Gasteiger partial charge in [-0.2, -0.15) is 0 Å². The molecule has 0 aromatic heterocycles. The molecule has 6 heteroatoms. The average Bonchev–Trinajstić information content (AvgIpc) is 1.21. The van der Waals surface area contributed by atoms with Crippen LogP contribution >= 0.6 is 0 Å². The molecule has 0 amide bonds. The molecule has 0 aliphatic rings. The molecule has 0 saturated heterocycles. The van der Waals surface area contributed by atoms with Crippen LogP contribution < -0.4 is 5.11 Å². The van der Waals surface area contributed by atoms with Crippen molar-refractivity contribution in [3.63, 3.8) is 0 Å². The second-order valence-electron chi connectivity index (χ2n) is 2.82. The van der Waals surface area contributed by atoms with Gasteiger partial charge in [-0.1, -0.05) is 0 Å². The summed E-state index contributed by atoms with van der Waals surface area (Å²) in [5, 5.41) is 9.89. The summed E-state index contributed by atoms with van der Waals surface area (Å²) >= 11 is 0. The third-order valence-corrected chi connectivity index (χ3v) is 0.603. The summed E-state index contributed by atoms with van der Waals surface area (Å²) in [4.78, 5) is 9.89. The van der Waals surface area contributed by atoms with E-state index in [1.807, 2.05) is 0 Å². The summed E-state index contributed by atoms with van der Waals surface area (Å²) in [7, 11) is 5.40.